The number of rotatable bonds is 3. The van der Waals surface area contributed by atoms with Crippen LogP contribution in [0.4, 0.5) is 0 Å². The summed E-state index contributed by atoms with van der Waals surface area (Å²) in [5, 5.41) is 16.1. The van der Waals surface area contributed by atoms with E-state index in [1.54, 1.807) is 22.2 Å². The van der Waals surface area contributed by atoms with Gasteiger partial charge in [0, 0.05) is 10.9 Å². The Hall–Kier alpha value is -2.14. The fraction of sp³-hybridized carbons (Fsp3) is 0.0769. The highest BCUT2D eigenvalue weighted by Crippen LogP contribution is 2.26. The fourth-order valence-electron chi connectivity index (χ4n) is 1.89. The van der Waals surface area contributed by atoms with Gasteiger partial charge in [0.15, 0.2) is 5.69 Å². The van der Waals surface area contributed by atoms with Crippen molar-refractivity contribution in [1.82, 2.24) is 9.78 Å². The number of fused-ring (bicyclic) bond motifs is 1. The van der Waals surface area contributed by atoms with Crippen LogP contribution in [0.3, 0.4) is 0 Å². The van der Waals surface area contributed by atoms with Crippen molar-refractivity contribution in [2.45, 2.75) is 6.54 Å². The van der Waals surface area contributed by atoms with E-state index in [0.717, 1.165) is 5.56 Å². The van der Waals surface area contributed by atoms with E-state index in [2.05, 4.69) is 22.6 Å². The minimum atomic E-state index is -0.996. The molecule has 0 bridgehead atoms. The van der Waals surface area contributed by atoms with E-state index in [-0.39, 0.29) is 5.69 Å². The zero-order chi connectivity index (χ0) is 12.5. The van der Waals surface area contributed by atoms with Gasteiger partial charge in [-0.2, -0.15) is 5.10 Å². The summed E-state index contributed by atoms with van der Waals surface area (Å²) in [5.41, 5.74) is 1.24. The largest absolute Gasteiger partial charge is 0.476 e. The molecule has 0 fully saturated rings. The van der Waals surface area contributed by atoms with E-state index >= 15 is 0 Å². The second-order valence-electron chi connectivity index (χ2n) is 3.96. The van der Waals surface area contributed by atoms with Crippen molar-refractivity contribution in [3.05, 3.63) is 53.2 Å². The molecular formula is C13H10N2O2S. The van der Waals surface area contributed by atoms with Crippen molar-refractivity contribution in [2.24, 2.45) is 0 Å². The van der Waals surface area contributed by atoms with Gasteiger partial charge in [0.1, 0.15) is 0 Å². The fourth-order valence-corrected chi connectivity index (χ4v) is 2.85. The van der Waals surface area contributed by atoms with E-state index in [1.165, 1.54) is 16.2 Å². The number of aromatic carboxylic acids is 1. The molecule has 0 saturated heterocycles. The van der Waals surface area contributed by atoms with Crippen LogP contribution in [0.2, 0.25) is 0 Å². The van der Waals surface area contributed by atoms with Gasteiger partial charge >= 0.3 is 5.97 Å². The van der Waals surface area contributed by atoms with Gasteiger partial charge in [0.05, 0.1) is 6.54 Å². The SMILES string of the molecule is O=C(O)c1ccn(Cc2csc3ccccc23)n1. The minimum Gasteiger partial charge on any atom is -0.476 e. The number of hydrogen-bond donors (Lipinski definition) is 1. The molecule has 0 amide bonds. The van der Waals surface area contributed by atoms with Gasteiger partial charge in [-0.25, -0.2) is 4.79 Å². The number of thiophene rings is 1. The van der Waals surface area contributed by atoms with E-state index in [9.17, 15) is 4.79 Å². The molecule has 18 heavy (non-hydrogen) atoms. The molecule has 0 radical (unpaired) electrons. The second-order valence-corrected chi connectivity index (χ2v) is 4.87. The van der Waals surface area contributed by atoms with Crippen LogP contribution in [0.15, 0.2) is 41.9 Å². The molecule has 3 aromatic rings. The van der Waals surface area contributed by atoms with Gasteiger partial charge in [0.2, 0.25) is 0 Å². The zero-order valence-corrected chi connectivity index (χ0v) is 10.2. The number of carboxylic acids is 1. The molecule has 0 aliphatic rings. The maximum absolute atomic E-state index is 10.8. The van der Waals surface area contributed by atoms with Crippen molar-refractivity contribution in [2.75, 3.05) is 0 Å². The standard InChI is InChI=1S/C13H10N2O2S/c16-13(17)11-5-6-15(14-11)7-9-8-18-12-4-2-1-3-10(9)12/h1-6,8H,7H2,(H,16,17). The van der Waals surface area contributed by atoms with E-state index < -0.39 is 5.97 Å². The van der Waals surface area contributed by atoms with Crippen molar-refractivity contribution in [3.8, 4) is 0 Å². The lowest BCUT2D eigenvalue weighted by atomic mass is 10.2. The smallest absolute Gasteiger partial charge is 0.356 e. The van der Waals surface area contributed by atoms with Crippen LogP contribution in [-0.4, -0.2) is 20.9 Å². The summed E-state index contributed by atoms with van der Waals surface area (Å²) in [6, 6.07) is 9.68. The molecule has 3 rings (SSSR count). The minimum absolute atomic E-state index is 0.0783. The Morgan fingerprint density at radius 3 is 2.94 bits per heavy atom. The summed E-state index contributed by atoms with van der Waals surface area (Å²) in [6.45, 7) is 0.595. The van der Waals surface area contributed by atoms with Gasteiger partial charge in [-0.3, -0.25) is 4.68 Å². The van der Waals surface area contributed by atoms with Gasteiger partial charge in [-0.15, -0.1) is 11.3 Å². The van der Waals surface area contributed by atoms with Gasteiger partial charge < -0.3 is 5.11 Å². The highest BCUT2D eigenvalue weighted by molar-refractivity contribution is 7.17. The molecule has 2 heterocycles. The van der Waals surface area contributed by atoms with Crippen LogP contribution >= 0.6 is 11.3 Å². The normalized spacial score (nSPS) is 10.9. The monoisotopic (exact) mass is 258 g/mol. The average molecular weight is 258 g/mol. The third-order valence-corrected chi connectivity index (χ3v) is 3.77. The molecule has 0 atom stereocenters. The van der Waals surface area contributed by atoms with Crippen LogP contribution in [0, 0.1) is 0 Å². The number of hydrogen-bond acceptors (Lipinski definition) is 3. The Labute approximate surface area is 107 Å². The van der Waals surface area contributed by atoms with E-state index in [1.807, 2.05) is 12.1 Å². The molecule has 4 nitrogen and oxygen atoms in total. The van der Waals surface area contributed by atoms with Crippen molar-refractivity contribution in [3.63, 3.8) is 0 Å². The lowest BCUT2D eigenvalue weighted by Gasteiger charge is -2.00. The second kappa shape index (κ2) is 4.27. The first-order chi connectivity index (χ1) is 8.74. The molecular weight excluding hydrogens is 248 g/mol. The first-order valence-corrected chi connectivity index (χ1v) is 6.34. The predicted molar refractivity (Wildman–Crippen MR) is 70.1 cm³/mol. The first-order valence-electron chi connectivity index (χ1n) is 5.46. The third kappa shape index (κ3) is 1.89. The van der Waals surface area contributed by atoms with Crippen LogP contribution in [0.25, 0.3) is 10.1 Å². The summed E-state index contributed by atoms with van der Waals surface area (Å²) in [6.07, 6.45) is 1.69. The predicted octanol–water partition coefficient (Wildman–Crippen LogP) is 2.84. The maximum Gasteiger partial charge on any atom is 0.356 e. The molecule has 0 aliphatic carbocycles. The van der Waals surface area contributed by atoms with Crippen LogP contribution < -0.4 is 0 Å². The summed E-state index contributed by atoms with van der Waals surface area (Å²) >= 11 is 1.69. The number of nitrogens with zero attached hydrogens (tertiary/aromatic N) is 2. The molecule has 0 saturated carbocycles. The summed E-state index contributed by atoms with van der Waals surface area (Å²) in [4.78, 5) is 10.8. The Bertz CT molecular complexity index is 714. The summed E-state index contributed by atoms with van der Waals surface area (Å²) in [7, 11) is 0. The van der Waals surface area contributed by atoms with Gasteiger partial charge in [0.25, 0.3) is 0 Å². The highest BCUT2D eigenvalue weighted by Gasteiger charge is 2.08. The van der Waals surface area contributed by atoms with E-state index in [4.69, 9.17) is 5.11 Å². The topological polar surface area (TPSA) is 55.1 Å². The lowest BCUT2D eigenvalue weighted by Crippen LogP contribution is -2.03. The van der Waals surface area contributed by atoms with Crippen molar-refractivity contribution in [1.29, 1.82) is 0 Å². The Kier molecular flexibility index (Phi) is 2.60. The highest BCUT2D eigenvalue weighted by atomic mass is 32.1. The number of benzene rings is 1. The van der Waals surface area contributed by atoms with Crippen molar-refractivity contribution >= 4 is 27.4 Å². The van der Waals surface area contributed by atoms with Crippen LogP contribution in [0.5, 0.6) is 0 Å². The molecule has 2 aromatic heterocycles. The Morgan fingerprint density at radius 1 is 1.33 bits per heavy atom. The van der Waals surface area contributed by atoms with Gasteiger partial charge in [-0.1, -0.05) is 18.2 Å². The number of carboxylic acid groups (broad SMARTS) is 1. The summed E-state index contributed by atoms with van der Waals surface area (Å²) < 4.78 is 2.89. The zero-order valence-electron chi connectivity index (χ0n) is 9.41. The van der Waals surface area contributed by atoms with Crippen LogP contribution in [0.1, 0.15) is 16.1 Å². The number of aromatic nitrogens is 2. The Balaban J connectivity index is 1.93. The first kappa shape index (κ1) is 11.0. The molecule has 0 aliphatic heterocycles. The maximum atomic E-state index is 10.8. The molecule has 0 unspecified atom stereocenters. The third-order valence-electron chi connectivity index (χ3n) is 2.75. The molecule has 0 spiro atoms. The average Bonchev–Trinajstić information content (AvgIpc) is 2.98. The molecule has 90 valence electrons. The van der Waals surface area contributed by atoms with Gasteiger partial charge in [-0.05, 0) is 28.5 Å². The van der Waals surface area contributed by atoms with Crippen molar-refractivity contribution < 1.29 is 9.90 Å². The number of carbonyl (C=O) groups is 1. The lowest BCUT2D eigenvalue weighted by molar-refractivity contribution is 0.0689. The van der Waals surface area contributed by atoms with Crippen LogP contribution in [-0.2, 0) is 6.54 Å². The molecule has 1 N–H and O–H groups in total. The quantitative estimate of drug-likeness (QED) is 0.786. The molecule has 1 aromatic carbocycles. The Morgan fingerprint density at radius 2 is 2.17 bits per heavy atom. The summed E-state index contributed by atoms with van der Waals surface area (Å²) in [5.74, 6) is -0.996. The van der Waals surface area contributed by atoms with E-state index in [0.29, 0.717) is 6.54 Å². The molecule has 5 heteroatoms.